The molecule has 114 heavy (non-hydrogen) atoms. The average molecular weight is 2030 g/mol. The van der Waals surface area contributed by atoms with Crippen molar-refractivity contribution in [3.05, 3.63) is 216 Å². The summed E-state index contributed by atoms with van der Waals surface area (Å²) in [6.45, 7) is 57.1. The van der Waals surface area contributed by atoms with Gasteiger partial charge in [0, 0.05) is 263 Å². The molecule has 644 valence electrons. The van der Waals surface area contributed by atoms with E-state index in [1.54, 1.807) is 12.3 Å². The number of likely N-dealkylation sites (N-methyl/N-ethyl adjacent to an activating group) is 2. The molecule has 0 bridgehead atoms. The van der Waals surface area contributed by atoms with Crippen molar-refractivity contribution in [3.8, 4) is 5.88 Å². The van der Waals surface area contributed by atoms with E-state index in [2.05, 4.69) is 272 Å². The van der Waals surface area contributed by atoms with Crippen LogP contribution in [0.15, 0.2) is 152 Å². The number of likely N-dealkylation sites (tertiary alicyclic amines) is 1. The number of rotatable bonds is 9. The Morgan fingerprint density at radius 2 is 0.947 bits per heavy atom. The Morgan fingerprint density at radius 1 is 0.535 bits per heavy atom. The van der Waals surface area contributed by atoms with Crippen molar-refractivity contribution in [2.24, 2.45) is 0 Å². The van der Waals surface area contributed by atoms with Crippen molar-refractivity contribution >= 4 is 227 Å². The molecule has 2 saturated heterocycles. The van der Waals surface area contributed by atoms with Gasteiger partial charge in [0.15, 0.2) is 0 Å². The van der Waals surface area contributed by atoms with Crippen LogP contribution in [0.25, 0.3) is 5.57 Å². The molecule has 8 heterocycles. The van der Waals surface area contributed by atoms with E-state index in [1.807, 2.05) is 199 Å². The molecule has 0 amide bonds. The third kappa shape index (κ3) is 75.7. The van der Waals surface area contributed by atoms with Crippen LogP contribution in [0, 0.1) is 47.6 Å². The first-order chi connectivity index (χ1) is 54.0. The van der Waals surface area contributed by atoms with Crippen LogP contribution in [0.4, 0.5) is 0 Å². The summed E-state index contributed by atoms with van der Waals surface area (Å²) >= 11 is 42.2. The molecular weight excluding hydrogens is 1900 g/mol. The molecule has 4 aliphatic rings. The second-order valence-corrected chi connectivity index (χ2v) is 40.1. The van der Waals surface area contributed by atoms with Gasteiger partial charge >= 0.3 is 39.8 Å². The van der Waals surface area contributed by atoms with Gasteiger partial charge < -0.3 is 52.6 Å². The average Bonchev–Trinajstić information content (AvgIpc) is 1.63. The summed E-state index contributed by atoms with van der Waals surface area (Å²) in [5, 5.41) is 8.54. The number of hydrogen-bond donors (Lipinski definition) is 1. The SMILES string of the molecule is CC.CC.CC.CC.CC.CC.CN1CC=C(B2OC(C)(C)C(C)(C)O2)CC1.Cc1cccnc1C.Cc1ncccc1C1=CCN(C)CC1.Cc1ncccc1C1CCN(C)CC1.OCc1ccccc1.S.S=S.S=S=S.S=S=S=S.S=S=S=S=S.S=S=S=S=S=S.[CH2-]CN(C)C[CH2-].[Y+3].[c-]1cccnc1OCc1ccccc1. The number of benzene rings is 2. The van der Waals surface area contributed by atoms with Gasteiger partial charge in [-0.25, -0.2) is 6.07 Å². The third-order valence-electron chi connectivity index (χ3n) is 15.0. The van der Waals surface area contributed by atoms with Gasteiger partial charge in [0.2, 0.25) is 0 Å². The molecule has 35 heteroatoms. The monoisotopic (exact) mass is 2030 g/mol. The number of nitrogens with zero attached hydrogens (tertiary/aromatic N) is 8. The van der Waals surface area contributed by atoms with Crippen LogP contribution in [0.1, 0.15) is 187 Å². The quantitative estimate of drug-likeness (QED) is 0.109. The molecule has 2 fully saturated rings. The van der Waals surface area contributed by atoms with Crippen LogP contribution in [0.5, 0.6) is 5.88 Å². The smallest absolute Gasteiger partial charge is 0.490 e. The molecule has 0 atom stereocenters. The van der Waals surface area contributed by atoms with Gasteiger partial charge in [-0.3, -0.25) is 19.9 Å². The summed E-state index contributed by atoms with van der Waals surface area (Å²) in [4.78, 5) is 25.8. The minimum absolute atomic E-state index is 0. The number of pyridine rings is 4. The second-order valence-electron chi connectivity index (χ2n) is 22.4. The first kappa shape index (κ1) is 135. The Kier molecular flexibility index (Phi) is 118. The zero-order valence-electron chi connectivity index (χ0n) is 71.8. The number of aliphatic hydroxyl groups is 1. The molecule has 2 aromatic carbocycles. The molecule has 1 N–H and O–H groups in total. The molecule has 10 rings (SSSR count). The predicted octanol–water partition coefficient (Wildman–Crippen LogP) is 18.3. The molecule has 0 saturated carbocycles. The minimum Gasteiger partial charge on any atom is -0.490 e. The maximum Gasteiger partial charge on any atom is 3.00 e. The largest absolute Gasteiger partial charge is 3.00 e. The molecule has 6 aromatic rings. The van der Waals surface area contributed by atoms with Crippen molar-refractivity contribution in [1.82, 2.24) is 39.5 Å². The summed E-state index contributed by atoms with van der Waals surface area (Å²) in [5.74, 6) is 1.27. The molecule has 0 aliphatic carbocycles. The fourth-order valence-electron chi connectivity index (χ4n) is 8.49. The fraction of sp³-hybridized carbons (Fsp3) is 0.519. The van der Waals surface area contributed by atoms with Gasteiger partial charge in [-0.05, 0) is 185 Å². The van der Waals surface area contributed by atoms with Crippen molar-refractivity contribution in [2.75, 3.05) is 80.5 Å². The Bertz CT molecular complexity index is 3580. The van der Waals surface area contributed by atoms with Crippen LogP contribution < -0.4 is 4.74 Å². The summed E-state index contributed by atoms with van der Waals surface area (Å²) in [6.07, 6.45) is 16.5. The second kappa shape index (κ2) is 100. The van der Waals surface area contributed by atoms with Crippen molar-refractivity contribution < 1.29 is 51.9 Å². The standard InChI is InChI=1S/C12H22BNO2.C12H18N2.C12H16N2.C12H10NO.C7H9N.C7H8O.C5H11N.6C2H6.S6.S5.S4.S3.S2.H2S.Y/c1-11(2)12(3,4)16-13(15-11)10-6-8-14(5)9-7-10;2*1-10-12(4-3-7-13-10)11-5-8-14(2)9-6-11;1-2-6-11(7-3-1)10-14-12-8-4-5-9-13-12;1-6-4-3-5-8-7(6)2;8-6-7-4-2-1-3-5-7;1-4-6(3)5-2;6*1-2;1-3-5-6-4-2;1-3-5-4-2;1-3-4-2;1-3-2;1-2;;/h6H,7-9H2,1-5H3;3-4,7,11H,5-6,8-9H2,1-2H3;3-5,7H,6,8-9H2,1-2H3;1-7,9H,10H2;3-5H,1-2H3;1-5,8H,6H2;1-2,4-5H2,3H3;6*1-2H3;;;;;;1H2;/q;;;-1;;;-2;;;;;;;;;;;;;+3. The molecule has 0 radical (unpaired) electrons. The Balaban J connectivity index is -0.000000131. The van der Waals surface area contributed by atoms with Crippen molar-refractivity contribution in [3.63, 3.8) is 0 Å². The molecular formula is C79H132BN8O4S21Y. The van der Waals surface area contributed by atoms with E-state index in [9.17, 15) is 0 Å². The van der Waals surface area contributed by atoms with E-state index >= 15 is 0 Å². The fourth-order valence-corrected chi connectivity index (χ4v) is 16.7. The van der Waals surface area contributed by atoms with E-state index < -0.39 is 0 Å². The van der Waals surface area contributed by atoms with E-state index in [0.717, 1.165) is 89.4 Å². The van der Waals surface area contributed by atoms with Gasteiger partial charge in [0.1, 0.15) is 12.5 Å². The number of aryl methyl sites for hydroxylation is 4. The van der Waals surface area contributed by atoms with Gasteiger partial charge in [-0.2, -0.15) is 25.6 Å². The number of aliphatic hydroxyl groups excluding tert-OH is 1. The van der Waals surface area contributed by atoms with Crippen LogP contribution in [-0.4, -0.2) is 144 Å². The zero-order valence-corrected chi connectivity index (χ0v) is 92.0. The van der Waals surface area contributed by atoms with E-state index in [0.29, 0.717) is 12.5 Å². The maximum atomic E-state index is 8.54. The minimum atomic E-state index is -0.220. The first-order valence-electron chi connectivity index (χ1n) is 36.8. The number of piperidine rings is 1. The molecule has 4 aliphatic heterocycles. The normalized spacial score (nSPS) is 13.0. The number of aromatic nitrogens is 4. The summed E-state index contributed by atoms with van der Waals surface area (Å²) < 4.78 is 17.5. The summed E-state index contributed by atoms with van der Waals surface area (Å²) in [6, 6.07) is 38.5. The molecule has 12 nitrogen and oxygen atoms in total. The molecule has 0 unspecified atom stereocenters. The van der Waals surface area contributed by atoms with Crippen LogP contribution in [0.3, 0.4) is 0 Å². The molecule has 4 aromatic heterocycles. The summed E-state index contributed by atoms with van der Waals surface area (Å²) in [5.41, 5.74) is 11.9. The Morgan fingerprint density at radius 3 is 1.27 bits per heavy atom. The topological polar surface area (TPSA) is 112 Å². The number of ether oxygens (including phenoxy) is 1. The van der Waals surface area contributed by atoms with Crippen molar-refractivity contribution in [2.45, 2.75) is 194 Å². The zero-order chi connectivity index (χ0) is 87.4. The van der Waals surface area contributed by atoms with E-state index in [4.69, 9.17) is 19.2 Å². The maximum absolute atomic E-state index is 8.54. The van der Waals surface area contributed by atoms with Gasteiger partial charge in [0.25, 0.3) is 0 Å². The van der Waals surface area contributed by atoms with E-state index in [-0.39, 0.29) is 71.1 Å². The van der Waals surface area contributed by atoms with Gasteiger partial charge in [0.05, 0.1) is 17.8 Å². The van der Waals surface area contributed by atoms with E-state index in [1.165, 1.54) is 139 Å². The first-order valence-corrected chi connectivity index (χ1v) is 56.8. The van der Waals surface area contributed by atoms with Crippen molar-refractivity contribution in [1.29, 1.82) is 0 Å². The Labute approximate surface area is 805 Å². The number of hydrogen-bond acceptors (Lipinski definition) is 22. The van der Waals surface area contributed by atoms with Crippen LogP contribution >= 0.6 is 13.5 Å². The third-order valence-corrected chi connectivity index (χ3v) is 28.3. The van der Waals surface area contributed by atoms with Crippen LogP contribution in [0.2, 0.25) is 0 Å². The van der Waals surface area contributed by atoms with Gasteiger partial charge in [-0.15, -0.1) is 13.1 Å². The van der Waals surface area contributed by atoms with Crippen LogP contribution in [-0.2, 0) is 256 Å². The Hall–Kier alpha value is -0.0412. The van der Waals surface area contributed by atoms with Gasteiger partial charge in [-0.1, -0.05) is 180 Å². The summed E-state index contributed by atoms with van der Waals surface area (Å²) in [7, 11) is 21.2. The molecule has 0 spiro atoms. The predicted molar refractivity (Wildman–Crippen MR) is 558 cm³/mol.